The highest BCUT2D eigenvalue weighted by Crippen LogP contribution is 2.33. The van der Waals surface area contributed by atoms with Crippen LogP contribution >= 0.6 is 0 Å². The van der Waals surface area contributed by atoms with Crippen LogP contribution in [0.1, 0.15) is 72.1 Å². The van der Waals surface area contributed by atoms with E-state index in [0.29, 0.717) is 18.9 Å². The Labute approximate surface area is 128 Å². The van der Waals surface area contributed by atoms with Gasteiger partial charge in [0, 0.05) is 6.54 Å². The molecule has 21 heavy (non-hydrogen) atoms. The molecule has 0 aromatic carbocycles. The number of unbranched alkanes of at least 4 members (excludes halogenated alkanes) is 1. The second kappa shape index (κ2) is 6.80. The van der Waals surface area contributed by atoms with Crippen LogP contribution in [0.2, 0.25) is 0 Å². The molecule has 2 unspecified atom stereocenters. The monoisotopic (exact) mass is 294 g/mol. The molecule has 2 aliphatic rings. The molecule has 1 N–H and O–H groups in total. The van der Waals surface area contributed by atoms with Gasteiger partial charge in [0.05, 0.1) is 0 Å². The van der Waals surface area contributed by atoms with Crippen LogP contribution in [0, 0.1) is 5.92 Å². The van der Waals surface area contributed by atoms with Crippen molar-refractivity contribution in [2.24, 2.45) is 5.92 Å². The highest BCUT2D eigenvalue weighted by Gasteiger charge is 2.49. The van der Waals surface area contributed by atoms with E-state index in [9.17, 15) is 9.59 Å². The van der Waals surface area contributed by atoms with Crippen LogP contribution in [0.25, 0.3) is 0 Å². The molecule has 0 aromatic heterocycles. The normalized spacial score (nSPS) is 31.4. The van der Waals surface area contributed by atoms with Crippen LogP contribution in [0.5, 0.6) is 0 Å². The van der Waals surface area contributed by atoms with Crippen molar-refractivity contribution in [1.29, 1.82) is 0 Å². The predicted molar refractivity (Wildman–Crippen MR) is 83.8 cm³/mol. The third-order valence-electron chi connectivity index (χ3n) is 5.45. The molecular weight excluding hydrogens is 264 g/mol. The Morgan fingerprint density at radius 2 is 1.86 bits per heavy atom. The van der Waals surface area contributed by atoms with Gasteiger partial charge in [-0.15, -0.1) is 0 Å². The van der Waals surface area contributed by atoms with E-state index in [1.54, 1.807) is 0 Å². The summed E-state index contributed by atoms with van der Waals surface area (Å²) in [5, 5.41) is 3.05. The summed E-state index contributed by atoms with van der Waals surface area (Å²) in [4.78, 5) is 27.4. The SMILES string of the molecule is CCCCN1C(=O)C(C2CCCCC2)NC(=O)C1(C)CC. The number of nitrogens with one attached hydrogen (secondary N) is 1. The topological polar surface area (TPSA) is 49.4 Å². The first kappa shape index (κ1) is 16.3. The maximum Gasteiger partial charge on any atom is 0.246 e. The lowest BCUT2D eigenvalue weighted by Crippen LogP contribution is -2.70. The minimum absolute atomic E-state index is 0.0382. The van der Waals surface area contributed by atoms with E-state index in [2.05, 4.69) is 12.2 Å². The van der Waals surface area contributed by atoms with Gasteiger partial charge in [0.15, 0.2) is 0 Å². The van der Waals surface area contributed by atoms with Crippen LogP contribution in [-0.2, 0) is 9.59 Å². The Morgan fingerprint density at radius 1 is 1.19 bits per heavy atom. The first-order valence-corrected chi connectivity index (χ1v) is 8.67. The maximum atomic E-state index is 13.0. The van der Waals surface area contributed by atoms with Crippen molar-refractivity contribution < 1.29 is 9.59 Å². The zero-order chi connectivity index (χ0) is 15.5. The lowest BCUT2D eigenvalue weighted by atomic mass is 9.80. The highest BCUT2D eigenvalue weighted by atomic mass is 16.2. The number of nitrogens with zero attached hydrogens (tertiary/aromatic N) is 1. The van der Waals surface area contributed by atoms with Crippen LogP contribution in [-0.4, -0.2) is 34.8 Å². The van der Waals surface area contributed by atoms with Gasteiger partial charge in [-0.05, 0) is 38.5 Å². The predicted octanol–water partition coefficient (Wildman–Crippen LogP) is 2.86. The molecule has 4 nitrogen and oxygen atoms in total. The van der Waals surface area contributed by atoms with E-state index in [1.807, 2.05) is 18.7 Å². The summed E-state index contributed by atoms with van der Waals surface area (Å²) in [6.07, 6.45) is 8.45. The van der Waals surface area contributed by atoms with E-state index in [4.69, 9.17) is 0 Å². The molecule has 1 saturated carbocycles. The van der Waals surface area contributed by atoms with Crippen LogP contribution in [0.3, 0.4) is 0 Å². The van der Waals surface area contributed by atoms with Gasteiger partial charge in [0.1, 0.15) is 11.6 Å². The van der Waals surface area contributed by atoms with Crippen molar-refractivity contribution in [2.45, 2.75) is 83.7 Å². The summed E-state index contributed by atoms with van der Waals surface area (Å²) < 4.78 is 0. The summed E-state index contributed by atoms with van der Waals surface area (Å²) in [6, 6.07) is -0.283. The number of piperazine rings is 1. The zero-order valence-electron chi connectivity index (χ0n) is 13.8. The molecule has 1 aliphatic heterocycles. The summed E-state index contributed by atoms with van der Waals surface area (Å²) >= 11 is 0. The number of carbonyl (C=O) groups excluding carboxylic acids is 2. The molecule has 120 valence electrons. The number of rotatable bonds is 5. The lowest BCUT2D eigenvalue weighted by molar-refractivity contribution is -0.158. The molecule has 0 radical (unpaired) electrons. The average molecular weight is 294 g/mol. The average Bonchev–Trinajstić information content (AvgIpc) is 2.51. The Balaban J connectivity index is 2.19. The third kappa shape index (κ3) is 3.09. The molecule has 2 amide bonds. The van der Waals surface area contributed by atoms with E-state index >= 15 is 0 Å². The molecule has 4 heteroatoms. The lowest BCUT2D eigenvalue weighted by Gasteiger charge is -2.48. The molecule has 2 atom stereocenters. The van der Waals surface area contributed by atoms with Crippen LogP contribution in [0.15, 0.2) is 0 Å². The van der Waals surface area contributed by atoms with Crippen molar-refractivity contribution in [3.8, 4) is 0 Å². The number of hydrogen-bond acceptors (Lipinski definition) is 2. The Morgan fingerprint density at radius 3 is 2.43 bits per heavy atom. The first-order valence-electron chi connectivity index (χ1n) is 8.67. The summed E-state index contributed by atoms with van der Waals surface area (Å²) in [5.41, 5.74) is -0.669. The highest BCUT2D eigenvalue weighted by molar-refractivity contribution is 5.99. The minimum Gasteiger partial charge on any atom is -0.342 e. The van der Waals surface area contributed by atoms with Gasteiger partial charge in [-0.3, -0.25) is 9.59 Å². The van der Waals surface area contributed by atoms with Crippen molar-refractivity contribution >= 4 is 11.8 Å². The minimum atomic E-state index is -0.669. The van der Waals surface area contributed by atoms with Gasteiger partial charge in [-0.25, -0.2) is 0 Å². The van der Waals surface area contributed by atoms with Crippen molar-refractivity contribution in [1.82, 2.24) is 10.2 Å². The standard InChI is InChI=1S/C17H30N2O2/c1-4-6-12-19-15(20)14(13-10-8-7-9-11-13)18-16(21)17(19,3)5-2/h13-14H,4-12H2,1-3H3,(H,18,21). The van der Waals surface area contributed by atoms with Gasteiger partial charge < -0.3 is 10.2 Å². The number of hydrogen-bond donors (Lipinski definition) is 1. The molecule has 1 heterocycles. The van der Waals surface area contributed by atoms with Crippen molar-refractivity contribution in [3.63, 3.8) is 0 Å². The largest absolute Gasteiger partial charge is 0.342 e. The summed E-state index contributed by atoms with van der Waals surface area (Å²) in [7, 11) is 0. The molecule has 0 spiro atoms. The fraction of sp³-hybridized carbons (Fsp3) is 0.882. The van der Waals surface area contributed by atoms with Crippen molar-refractivity contribution in [3.05, 3.63) is 0 Å². The maximum absolute atomic E-state index is 13.0. The Hall–Kier alpha value is -1.06. The van der Waals surface area contributed by atoms with Gasteiger partial charge in [0.25, 0.3) is 0 Å². The number of amides is 2. The van der Waals surface area contributed by atoms with Gasteiger partial charge in [-0.2, -0.15) is 0 Å². The van der Waals surface area contributed by atoms with E-state index in [-0.39, 0.29) is 17.9 Å². The van der Waals surface area contributed by atoms with E-state index in [1.165, 1.54) is 19.3 Å². The van der Waals surface area contributed by atoms with Gasteiger partial charge >= 0.3 is 0 Å². The Bertz CT molecular complexity index is 390. The number of carbonyl (C=O) groups is 2. The fourth-order valence-corrected chi connectivity index (χ4v) is 3.70. The zero-order valence-corrected chi connectivity index (χ0v) is 13.8. The molecule has 1 aliphatic carbocycles. The molecule has 1 saturated heterocycles. The van der Waals surface area contributed by atoms with E-state index < -0.39 is 5.54 Å². The molecule has 0 bridgehead atoms. The summed E-state index contributed by atoms with van der Waals surface area (Å²) in [6.45, 7) is 6.73. The van der Waals surface area contributed by atoms with Crippen LogP contribution in [0.4, 0.5) is 0 Å². The van der Waals surface area contributed by atoms with E-state index in [0.717, 1.165) is 25.7 Å². The fourth-order valence-electron chi connectivity index (χ4n) is 3.70. The summed E-state index contributed by atoms with van der Waals surface area (Å²) in [5.74, 6) is 0.524. The first-order chi connectivity index (χ1) is 10.0. The smallest absolute Gasteiger partial charge is 0.246 e. The van der Waals surface area contributed by atoms with Gasteiger partial charge in [-0.1, -0.05) is 39.5 Å². The molecular formula is C17H30N2O2. The van der Waals surface area contributed by atoms with Crippen molar-refractivity contribution in [2.75, 3.05) is 6.54 Å². The quantitative estimate of drug-likeness (QED) is 0.847. The molecule has 2 fully saturated rings. The van der Waals surface area contributed by atoms with Gasteiger partial charge in [0.2, 0.25) is 11.8 Å². The van der Waals surface area contributed by atoms with Crippen LogP contribution < -0.4 is 5.32 Å². The molecule has 2 rings (SSSR count). The third-order valence-corrected chi connectivity index (χ3v) is 5.45. The second-order valence-electron chi connectivity index (χ2n) is 6.82. The second-order valence-corrected chi connectivity index (χ2v) is 6.82. The Kier molecular flexibility index (Phi) is 5.28. The molecule has 0 aromatic rings.